The molecule has 0 fully saturated rings. The lowest BCUT2D eigenvalue weighted by molar-refractivity contribution is -0.139. The Labute approximate surface area is 115 Å². The number of ether oxygens (including phenoxy) is 1. The summed E-state index contributed by atoms with van der Waals surface area (Å²) in [6, 6.07) is 0. The summed E-state index contributed by atoms with van der Waals surface area (Å²) in [5, 5.41) is 0. The lowest BCUT2D eigenvalue weighted by Crippen LogP contribution is -2.10. The number of phosphoric ester groups is 1. The van der Waals surface area contributed by atoms with Gasteiger partial charge in [-0.15, -0.1) is 0 Å². The molecule has 0 heterocycles. The second kappa shape index (κ2) is 12.4. The van der Waals surface area contributed by atoms with Crippen molar-refractivity contribution in [3.05, 3.63) is 12.2 Å². The molecule has 0 aliphatic rings. The van der Waals surface area contributed by atoms with Crippen LogP contribution < -0.4 is 0 Å². The SMILES string of the molecule is C=C(C)C(=O)OCCOP(=O)(O)O.CCCCCC. The number of carbonyl (C=O) groups excluding carboxylic acids is 1. The van der Waals surface area contributed by atoms with Gasteiger partial charge in [-0.25, -0.2) is 9.36 Å². The van der Waals surface area contributed by atoms with Gasteiger partial charge in [0.05, 0.1) is 6.61 Å². The first-order valence-electron chi connectivity index (χ1n) is 6.27. The molecule has 0 spiro atoms. The maximum absolute atomic E-state index is 10.7. The molecule has 19 heavy (non-hydrogen) atoms. The molecule has 0 aliphatic heterocycles. The van der Waals surface area contributed by atoms with Crippen LogP contribution >= 0.6 is 7.82 Å². The Morgan fingerprint density at radius 3 is 1.95 bits per heavy atom. The zero-order chi connectivity index (χ0) is 15.3. The first kappa shape index (κ1) is 20.6. The number of hydrogen-bond donors (Lipinski definition) is 2. The molecule has 0 amide bonds. The standard InChI is InChI=1S/C6H11O6P.C6H14/c1-5(2)6(7)11-3-4-12-13(8,9)10;1-3-5-6-4-2/h1,3-4H2,2H3,(H2,8,9,10);3-6H2,1-2H3. The van der Waals surface area contributed by atoms with Crippen molar-refractivity contribution in [1.82, 2.24) is 0 Å². The molecule has 0 bridgehead atoms. The molecule has 6 nitrogen and oxygen atoms in total. The van der Waals surface area contributed by atoms with Crippen LogP contribution in [0.5, 0.6) is 0 Å². The quantitative estimate of drug-likeness (QED) is 0.309. The minimum absolute atomic E-state index is 0.212. The molecule has 0 aromatic carbocycles. The van der Waals surface area contributed by atoms with E-state index >= 15 is 0 Å². The Kier molecular flexibility index (Phi) is 13.4. The van der Waals surface area contributed by atoms with E-state index in [0.29, 0.717) is 0 Å². The molecule has 0 radical (unpaired) electrons. The van der Waals surface area contributed by atoms with E-state index in [1.807, 2.05) is 0 Å². The Morgan fingerprint density at radius 1 is 1.16 bits per heavy atom. The third-order valence-corrected chi connectivity index (χ3v) is 2.40. The first-order chi connectivity index (χ1) is 8.74. The van der Waals surface area contributed by atoms with Gasteiger partial charge in [0.25, 0.3) is 0 Å². The maximum Gasteiger partial charge on any atom is 0.469 e. The van der Waals surface area contributed by atoms with Gasteiger partial charge in [0.2, 0.25) is 0 Å². The van der Waals surface area contributed by atoms with Crippen molar-refractivity contribution in [2.24, 2.45) is 0 Å². The molecule has 114 valence electrons. The Hall–Kier alpha value is -0.680. The largest absolute Gasteiger partial charge is 0.469 e. The lowest BCUT2D eigenvalue weighted by Gasteiger charge is -2.05. The summed E-state index contributed by atoms with van der Waals surface area (Å²) in [6.45, 7) is 8.69. The number of hydrogen-bond acceptors (Lipinski definition) is 4. The summed E-state index contributed by atoms with van der Waals surface area (Å²) >= 11 is 0. The molecule has 0 aromatic heterocycles. The first-order valence-corrected chi connectivity index (χ1v) is 7.80. The summed E-state index contributed by atoms with van der Waals surface area (Å²) in [5.74, 6) is -0.616. The second-order valence-electron chi connectivity index (χ2n) is 3.95. The molecule has 0 unspecified atom stereocenters. The summed E-state index contributed by atoms with van der Waals surface area (Å²) in [7, 11) is -4.46. The Balaban J connectivity index is 0. The van der Waals surface area contributed by atoms with E-state index in [1.54, 1.807) is 0 Å². The predicted octanol–water partition coefficient (Wildman–Crippen LogP) is 2.80. The highest BCUT2D eigenvalue weighted by atomic mass is 31.2. The van der Waals surface area contributed by atoms with Crippen LogP contribution in [0.4, 0.5) is 0 Å². The summed E-state index contributed by atoms with van der Waals surface area (Å²) in [5.41, 5.74) is 0.219. The van der Waals surface area contributed by atoms with E-state index in [0.717, 1.165) is 0 Å². The van der Waals surface area contributed by atoms with Gasteiger partial charge in [-0.3, -0.25) is 4.52 Å². The number of esters is 1. The van der Waals surface area contributed by atoms with Gasteiger partial charge in [-0.05, 0) is 6.92 Å². The van der Waals surface area contributed by atoms with Crippen molar-refractivity contribution in [1.29, 1.82) is 0 Å². The van der Waals surface area contributed by atoms with Crippen LogP contribution in [0.15, 0.2) is 12.2 Å². The van der Waals surface area contributed by atoms with Crippen LogP contribution in [0.25, 0.3) is 0 Å². The van der Waals surface area contributed by atoms with E-state index in [9.17, 15) is 9.36 Å². The second-order valence-corrected chi connectivity index (χ2v) is 5.19. The topological polar surface area (TPSA) is 93.1 Å². The molecular weight excluding hydrogens is 271 g/mol. The van der Waals surface area contributed by atoms with E-state index in [1.165, 1.54) is 32.6 Å². The highest BCUT2D eigenvalue weighted by Crippen LogP contribution is 2.35. The van der Waals surface area contributed by atoms with Crippen molar-refractivity contribution >= 4 is 13.8 Å². The fourth-order valence-electron chi connectivity index (χ4n) is 0.914. The highest BCUT2D eigenvalue weighted by Gasteiger charge is 2.13. The maximum atomic E-state index is 10.7. The molecule has 0 aromatic rings. The smallest absolute Gasteiger partial charge is 0.460 e. The van der Waals surface area contributed by atoms with E-state index in [-0.39, 0.29) is 18.8 Å². The van der Waals surface area contributed by atoms with Gasteiger partial charge in [0, 0.05) is 5.57 Å². The minimum Gasteiger partial charge on any atom is -0.460 e. The van der Waals surface area contributed by atoms with Gasteiger partial charge in [0.15, 0.2) is 0 Å². The van der Waals surface area contributed by atoms with Crippen LogP contribution in [0, 0.1) is 0 Å². The van der Waals surface area contributed by atoms with Crippen molar-refractivity contribution in [2.75, 3.05) is 13.2 Å². The van der Waals surface area contributed by atoms with Crippen molar-refractivity contribution in [2.45, 2.75) is 46.5 Å². The average molecular weight is 296 g/mol. The number of unbranched alkanes of at least 4 members (excludes halogenated alkanes) is 3. The third-order valence-electron chi connectivity index (χ3n) is 1.88. The van der Waals surface area contributed by atoms with E-state index in [2.05, 4.69) is 29.7 Å². The lowest BCUT2D eigenvalue weighted by atomic mass is 10.2. The van der Waals surface area contributed by atoms with Crippen molar-refractivity contribution in [3.8, 4) is 0 Å². The fraction of sp³-hybridized carbons (Fsp3) is 0.750. The third kappa shape index (κ3) is 19.8. The molecular formula is C12H25O6P. The number of carbonyl (C=O) groups is 1. The molecule has 7 heteroatoms. The van der Waals surface area contributed by atoms with Crippen molar-refractivity contribution < 1.29 is 28.4 Å². The number of rotatable bonds is 8. The molecule has 0 saturated carbocycles. The van der Waals surface area contributed by atoms with E-state index in [4.69, 9.17) is 9.79 Å². The van der Waals surface area contributed by atoms with E-state index < -0.39 is 13.8 Å². The Morgan fingerprint density at radius 2 is 1.63 bits per heavy atom. The number of phosphoric acid groups is 1. The van der Waals surface area contributed by atoms with Gasteiger partial charge in [0.1, 0.15) is 6.61 Å². The summed E-state index contributed by atoms with van der Waals surface area (Å²) in [4.78, 5) is 27.1. The monoisotopic (exact) mass is 296 g/mol. The Bertz CT molecular complexity index is 293. The van der Waals surface area contributed by atoms with Crippen LogP contribution in [-0.2, 0) is 18.6 Å². The normalized spacial score (nSPS) is 10.4. The summed E-state index contributed by atoms with van der Waals surface area (Å²) < 4.78 is 18.6. The average Bonchev–Trinajstić information content (AvgIpc) is 2.31. The molecule has 0 saturated heterocycles. The van der Waals surface area contributed by atoms with Crippen LogP contribution in [-0.4, -0.2) is 29.0 Å². The highest BCUT2D eigenvalue weighted by molar-refractivity contribution is 7.46. The fourth-order valence-corrected chi connectivity index (χ4v) is 1.23. The van der Waals surface area contributed by atoms with Gasteiger partial charge < -0.3 is 14.5 Å². The molecule has 2 N–H and O–H groups in total. The minimum atomic E-state index is -4.46. The van der Waals surface area contributed by atoms with Crippen LogP contribution in [0.1, 0.15) is 46.5 Å². The molecule has 0 atom stereocenters. The van der Waals surface area contributed by atoms with Gasteiger partial charge >= 0.3 is 13.8 Å². The van der Waals surface area contributed by atoms with Crippen molar-refractivity contribution in [3.63, 3.8) is 0 Å². The molecule has 0 aliphatic carbocycles. The van der Waals surface area contributed by atoms with Gasteiger partial charge in [-0.1, -0.05) is 46.1 Å². The predicted molar refractivity (Wildman–Crippen MR) is 73.6 cm³/mol. The van der Waals surface area contributed by atoms with Gasteiger partial charge in [-0.2, -0.15) is 0 Å². The molecule has 0 rings (SSSR count). The van der Waals surface area contributed by atoms with Crippen LogP contribution in [0.2, 0.25) is 0 Å². The zero-order valence-corrected chi connectivity index (χ0v) is 12.8. The summed E-state index contributed by atoms with van der Waals surface area (Å²) in [6.07, 6.45) is 5.54. The van der Waals surface area contributed by atoms with Crippen LogP contribution in [0.3, 0.4) is 0 Å². The zero-order valence-electron chi connectivity index (χ0n) is 11.9.